The smallest absolute Gasteiger partial charge is 0.313 e. The lowest BCUT2D eigenvalue weighted by Crippen LogP contribution is -2.43. The van der Waals surface area contributed by atoms with Gasteiger partial charge in [0.25, 0.3) is 5.91 Å². The van der Waals surface area contributed by atoms with Gasteiger partial charge < -0.3 is 16.0 Å². The molecule has 1 aliphatic carbocycles. The lowest BCUT2D eigenvalue weighted by atomic mass is 10.1. The van der Waals surface area contributed by atoms with E-state index in [-0.39, 0.29) is 18.0 Å². The molecule has 0 spiro atoms. The number of likely N-dealkylation sites (N-methyl/N-ethyl adjacent to an activating group) is 1. The number of benzene rings is 1. The van der Waals surface area contributed by atoms with E-state index in [4.69, 9.17) is 0 Å². The monoisotopic (exact) mass is 386 g/mol. The van der Waals surface area contributed by atoms with Gasteiger partial charge in [0, 0.05) is 18.6 Å². The van der Waals surface area contributed by atoms with Gasteiger partial charge in [-0.05, 0) is 50.9 Å². The van der Waals surface area contributed by atoms with E-state index in [2.05, 4.69) is 27.8 Å². The lowest BCUT2D eigenvalue weighted by molar-refractivity contribution is -0.136. The van der Waals surface area contributed by atoms with E-state index in [1.807, 2.05) is 0 Å². The van der Waals surface area contributed by atoms with Gasteiger partial charge in [-0.15, -0.1) is 0 Å². The Morgan fingerprint density at radius 2 is 1.79 bits per heavy atom. The predicted octanol–water partition coefficient (Wildman–Crippen LogP) is 1.90. The molecule has 1 heterocycles. The average Bonchev–Trinajstić information content (AvgIpc) is 3.37. The fraction of sp³-hybridized carbons (Fsp3) is 0.571. The second-order valence-corrected chi connectivity index (χ2v) is 7.59. The van der Waals surface area contributed by atoms with Crippen LogP contribution in [0.1, 0.15) is 55.8 Å². The summed E-state index contributed by atoms with van der Waals surface area (Å²) in [4.78, 5) is 39.4. The van der Waals surface area contributed by atoms with Crippen molar-refractivity contribution in [3.8, 4) is 0 Å². The normalized spacial score (nSPS) is 20.1. The number of carbonyl (C=O) groups excluding carboxylic acids is 3. The van der Waals surface area contributed by atoms with Crippen LogP contribution in [-0.2, 0) is 9.59 Å². The first-order valence-electron chi connectivity index (χ1n) is 10.3. The van der Waals surface area contributed by atoms with Crippen molar-refractivity contribution in [3.05, 3.63) is 29.8 Å². The molecule has 0 aromatic heterocycles. The number of rotatable bonds is 6. The molecule has 1 aromatic carbocycles. The van der Waals surface area contributed by atoms with Crippen molar-refractivity contribution in [3.63, 3.8) is 0 Å². The van der Waals surface area contributed by atoms with Gasteiger partial charge in [-0.1, -0.05) is 31.9 Å². The SMILES string of the molecule is CCN1CCC[C@@H]1CNC(=O)C(=O)Nc1ccccc1C(=O)NC1CCCC1. The van der Waals surface area contributed by atoms with Crippen LogP contribution >= 0.6 is 0 Å². The summed E-state index contributed by atoms with van der Waals surface area (Å²) in [6.07, 6.45) is 6.36. The number of nitrogens with one attached hydrogen (secondary N) is 3. The zero-order chi connectivity index (χ0) is 19.9. The van der Waals surface area contributed by atoms with Crippen LogP contribution in [0.2, 0.25) is 0 Å². The second kappa shape index (κ2) is 9.68. The summed E-state index contributed by atoms with van der Waals surface area (Å²) in [6.45, 7) is 4.53. The standard InChI is InChI=1S/C21H30N4O3/c1-2-25-13-7-10-16(25)14-22-20(27)21(28)24-18-12-6-5-11-17(18)19(26)23-15-8-3-4-9-15/h5-6,11-12,15-16H,2-4,7-10,13-14H2,1H3,(H,22,27)(H,23,26)(H,24,28)/t16-/m1/s1. The minimum Gasteiger partial charge on any atom is -0.349 e. The molecule has 2 aliphatic rings. The first-order valence-corrected chi connectivity index (χ1v) is 10.3. The van der Waals surface area contributed by atoms with Gasteiger partial charge >= 0.3 is 11.8 Å². The first kappa shape index (κ1) is 20.3. The van der Waals surface area contributed by atoms with E-state index in [9.17, 15) is 14.4 Å². The van der Waals surface area contributed by atoms with E-state index in [1.54, 1.807) is 24.3 Å². The highest BCUT2D eigenvalue weighted by Gasteiger charge is 2.25. The van der Waals surface area contributed by atoms with Crippen LogP contribution in [-0.4, -0.2) is 54.3 Å². The molecule has 7 nitrogen and oxygen atoms in total. The third kappa shape index (κ3) is 5.10. The molecule has 1 saturated heterocycles. The molecule has 0 bridgehead atoms. The molecule has 3 N–H and O–H groups in total. The number of para-hydroxylation sites is 1. The molecular formula is C21H30N4O3. The summed E-state index contributed by atoms with van der Waals surface area (Å²) >= 11 is 0. The maximum atomic E-state index is 12.6. The molecule has 3 rings (SSSR count). The summed E-state index contributed by atoms with van der Waals surface area (Å²) < 4.78 is 0. The van der Waals surface area contributed by atoms with Crippen LogP contribution in [0.15, 0.2) is 24.3 Å². The largest absolute Gasteiger partial charge is 0.349 e. The molecule has 28 heavy (non-hydrogen) atoms. The summed E-state index contributed by atoms with van der Waals surface area (Å²) in [5, 5.41) is 8.33. The predicted molar refractivity (Wildman–Crippen MR) is 108 cm³/mol. The molecule has 1 saturated carbocycles. The van der Waals surface area contributed by atoms with Crippen molar-refractivity contribution in [2.75, 3.05) is 25.0 Å². The maximum Gasteiger partial charge on any atom is 0.313 e. The van der Waals surface area contributed by atoms with Crippen LogP contribution in [0.4, 0.5) is 5.69 Å². The van der Waals surface area contributed by atoms with Gasteiger partial charge in [-0.25, -0.2) is 0 Å². The molecule has 1 atom stereocenters. The number of carbonyl (C=O) groups is 3. The Kier molecular flexibility index (Phi) is 7.03. The Hall–Kier alpha value is -2.41. The summed E-state index contributed by atoms with van der Waals surface area (Å²) in [5.74, 6) is -1.64. The highest BCUT2D eigenvalue weighted by atomic mass is 16.2. The molecule has 3 amide bonds. The minimum atomic E-state index is -0.748. The van der Waals surface area contributed by atoms with Crippen molar-refractivity contribution in [1.29, 1.82) is 0 Å². The van der Waals surface area contributed by atoms with E-state index in [0.717, 1.165) is 51.6 Å². The molecule has 152 valence electrons. The third-order valence-electron chi connectivity index (χ3n) is 5.72. The average molecular weight is 386 g/mol. The second-order valence-electron chi connectivity index (χ2n) is 7.59. The number of likely N-dealkylation sites (tertiary alicyclic amines) is 1. The van der Waals surface area contributed by atoms with E-state index >= 15 is 0 Å². The minimum absolute atomic E-state index is 0.187. The third-order valence-corrected chi connectivity index (χ3v) is 5.72. The Balaban J connectivity index is 1.55. The van der Waals surface area contributed by atoms with Crippen molar-refractivity contribution >= 4 is 23.4 Å². The van der Waals surface area contributed by atoms with Crippen LogP contribution in [0.3, 0.4) is 0 Å². The molecule has 2 fully saturated rings. The van der Waals surface area contributed by atoms with Gasteiger partial charge in [0.2, 0.25) is 0 Å². The number of amides is 3. The number of anilines is 1. The molecule has 7 heteroatoms. The summed E-state index contributed by atoms with van der Waals surface area (Å²) in [7, 11) is 0. The van der Waals surface area contributed by atoms with Gasteiger partial charge in [0.1, 0.15) is 0 Å². The zero-order valence-electron chi connectivity index (χ0n) is 16.5. The topological polar surface area (TPSA) is 90.5 Å². The van der Waals surface area contributed by atoms with Crippen molar-refractivity contribution in [2.45, 2.75) is 57.5 Å². The lowest BCUT2D eigenvalue weighted by Gasteiger charge is -2.22. The Morgan fingerprint density at radius 3 is 2.54 bits per heavy atom. The molecule has 0 unspecified atom stereocenters. The molecule has 1 aliphatic heterocycles. The zero-order valence-corrected chi connectivity index (χ0v) is 16.5. The van der Waals surface area contributed by atoms with Crippen LogP contribution in [0, 0.1) is 0 Å². The molecule has 1 aromatic rings. The Bertz CT molecular complexity index is 715. The fourth-order valence-corrected chi connectivity index (χ4v) is 4.14. The van der Waals surface area contributed by atoms with Gasteiger partial charge in [-0.2, -0.15) is 0 Å². The van der Waals surface area contributed by atoms with Crippen molar-refractivity contribution < 1.29 is 14.4 Å². The summed E-state index contributed by atoms with van der Waals surface area (Å²) in [5.41, 5.74) is 0.734. The first-order chi connectivity index (χ1) is 13.6. The highest BCUT2D eigenvalue weighted by Crippen LogP contribution is 2.20. The van der Waals surface area contributed by atoms with Crippen molar-refractivity contribution in [1.82, 2.24) is 15.5 Å². The Morgan fingerprint density at radius 1 is 1.04 bits per heavy atom. The Labute approximate surface area is 166 Å². The summed E-state index contributed by atoms with van der Waals surface area (Å²) in [6, 6.07) is 7.26. The van der Waals surface area contributed by atoms with Crippen molar-refractivity contribution in [2.24, 2.45) is 0 Å². The maximum absolute atomic E-state index is 12.6. The fourth-order valence-electron chi connectivity index (χ4n) is 4.14. The quantitative estimate of drug-likeness (QED) is 0.652. The number of nitrogens with zero attached hydrogens (tertiary/aromatic N) is 1. The molecular weight excluding hydrogens is 356 g/mol. The molecule has 0 radical (unpaired) electrons. The van der Waals surface area contributed by atoms with Crippen LogP contribution in [0.25, 0.3) is 0 Å². The van der Waals surface area contributed by atoms with Crippen LogP contribution < -0.4 is 16.0 Å². The van der Waals surface area contributed by atoms with E-state index in [0.29, 0.717) is 17.8 Å². The number of hydrogen-bond acceptors (Lipinski definition) is 4. The van der Waals surface area contributed by atoms with E-state index in [1.165, 1.54) is 0 Å². The van der Waals surface area contributed by atoms with Crippen LogP contribution in [0.5, 0.6) is 0 Å². The van der Waals surface area contributed by atoms with Gasteiger partial charge in [-0.3, -0.25) is 19.3 Å². The number of hydrogen-bond donors (Lipinski definition) is 3. The highest BCUT2D eigenvalue weighted by molar-refractivity contribution is 6.40. The van der Waals surface area contributed by atoms with E-state index < -0.39 is 11.8 Å². The van der Waals surface area contributed by atoms with Gasteiger partial charge in [0.15, 0.2) is 0 Å². The van der Waals surface area contributed by atoms with Gasteiger partial charge in [0.05, 0.1) is 11.3 Å².